The van der Waals surface area contributed by atoms with Crippen LogP contribution in [0.3, 0.4) is 0 Å². The molecule has 1 rings (SSSR count). The minimum absolute atomic E-state index is 0.191. The smallest absolute Gasteiger partial charge is 0.310 e. The summed E-state index contributed by atoms with van der Waals surface area (Å²) < 4.78 is 30.0. The zero-order chi connectivity index (χ0) is 13.0. The van der Waals surface area contributed by atoms with Crippen molar-refractivity contribution < 1.29 is 18.3 Å². The Morgan fingerprint density at radius 3 is 2.71 bits per heavy atom. The van der Waals surface area contributed by atoms with Crippen molar-refractivity contribution in [1.29, 1.82) is 0 Å². The molecular formula is C11H14F2N2O2. The van der Waals surface area contributed by atoms with Crippen LogP contribution < -0.4 is 5.73 Å². The molecule has 0 aliphatic rings. The average Bonchev–Trinajstić information content (AvgIpc) is 2.30. The lowest BCUT2D eigenvalue weighted by Crippen LogP contribution is -2.13. The van der Waals surface area contributed by atoms with Crippen LogP contribution in [-0.4, -0.2) is 18.1 Å². The zero-order valence-electron chi connectivity index (χ0n) is 9.67. The molecule has 2 N–H and O–H groups in total. The van der Waals surface area contributed by atoms with Gasteiger partial charge in [0.05, 0.1) is 13.5 Å². The van der Waals surface area contributed by atoms with E-state index in [4.69, 9.17) is 5.73 Å². The number of halogens is 2. The molecule has 0 saturated carbocycles. The van der Waals surface area contributed by atoms with Crippen molar-refractivity contribution in [3.05, 3.63) is 28.6 Å². The van der Waals surface area contributed by atoms with Crippen LogP contribution in [0.5, 0.6) is 0 Å². The Morgan fingerprint density at radius 1 is 1.59 bits per heavy atom. The Kier molecular flexibility index (Phi) is 4.51. The molecule has 0 radical (unpaired) electrons. The predicted molar refractivity (Wildman–Crippen MR) is 57.5 cm³/mol. The summed E-state index contributed by atoms with van der Waals surface area (Å²) in [5.41, 5.74) is 6.50. The molecular weight excluding hydrogens is 230 g/mol. The molecule has 0 fully saturated rings. The number of nitrogens with two attached hydrogens (primary N) is 1. The summed E-state index contributed by atoms with van der Waals surface area (Å²) in [4.78, 5) is 14.8. The van der Waals surface area contributed by atoms with Gasteiger partial charge < -0.3 is 10.5 Å². The lowest BCUT2D eigenvalue weighted by Gasteiger charge is -2.13. The summed E-state index contributed by atoms with van der Waals surface area (Å²) in [5.74, 6) is -0.578. The first kappa shape index (κ1) is 13.5. The van der Waals surface area contributed by atoms with Crippen molar-refractivity contribution in [2.45, 2.75) is 26.3 Å². The van der Waals surface area contributed by atoms with E-state index >= 15 is 0 Å². The van der Waals surface area contributed by atoms with Gasteiger partial charge in [0.15, 0.2) is 0 Å². The first-order valence-corrected chi connectivity index (χ1v) is 5.03. The van der Waals surface area contributed by atoms with Gasteiger partial charge in [-0.1, -0.05) is 0 Å². The Labute approximate surface area is 97.8 Å². The monoisotopic (exact) mass is 244 g/mol. The number of hydrogen-bond acceptors (Lipinski definition) is 4. The van der Waals surface area contributed by atoms with E-state index in [0.717, 1.165) is 0 Å². The second-order valence-corrected chi connectivity index (χ2v) is 3.53. The molecule has 0 saturated heterocycles. The van der Waals surface area contributed by atoms with Gasteiger partial charge in [-0.25, -0.2) is 8.78 Å². The van der Waals surface area contributed by atoms with E-state index in [0.29, 0.717) is 11.1 Å². The van der Waals surface area contributed by atoms with E-state index in [1.54, 1.807) is 6.92 Å². The zero-order valence-corrected chi connectivity index (χ0v) is 9.67. The lowest BCUT2D eigenvalue weighted by atomic mass is 10.00. The molecule has 0 spiro atoms. The van der Waals surface area contributed by atoms with Gasteiger partial charge in [-0.2, -0.15) is 0 Å². The number of carbonyl (C=O) groups excluding carboxylic acids is 1. The van der Waals surface area contributed by atoms with Gasteiger partial charge in [0.1, 0.15) is 5.69 Å². The van der Waals surface area contributed by atoms with E-state index in [1.165, 1.54) is 13.3 Å². The summed E-state index contributed by atoms with van der Waals surface area (Å²) >= 11 is 0. The maximum atomic E-state index is 12.8. The largest absolute Gasteiger partial charge is 0.469 e. The van der Waals surface area contributed by atoms with E-state index in [2.05, 4.69) is 9.72 Å². The summed E-state index contributed by atoms with van der Waals surface area (Å²) in [6.45, 7) is 1.84. The van der Waals surface area contributed by atoms with E-state index in [9.17, 15) is 13.6 Å². The Balaban J connectivity index is 3.24. The second-order valence-electron chi connectivity index (χ2n) is 3.53. The van der Waals surface area contributed by atoms with Crippen LogP contribution >= 0.6 is 0 Å². The molecule has 0 aliphatic carbocycles. The highest BCUT2D eigenvalue weighted by molar-refractivity contribution is 5.73. The molecule has 0 atom stereocenters. The number of ether oxygens (including phenoxy) is 1. The van der Waals surface area contributed by atoms with E-state index in [1.807, 2.05) is 0 Å². The Hall–Kier alpha value is -1.56. The average molecular weight is 244 g/mol. The minimum atomic E-state index is -2.72. The summed E-state index contributed by atoms with van der Waals surface area (Å²) in [7, 11) is 1.21. The third-order valence-corrected chi connectivity index (χ3v) is 2.58. The van der Waals surface area contributed by atoms with Crippen LogP contribution in [0.15, 0.2) is 6.20 Å². The molecule has 1 heterocycles. The van der Waals surface area contributed by atoms with Gasteiger partial charge in [-0.05, 0) is 23.6 Å². The molecule has 1 aromatic heterocycles. The number of carbonyl (C=O) groups is 1. The van der Waals surface area contributed by atoms with Crippen LogP contribution in [0.4, 0.5) is 8.78 Å². The first-order valence-electron chi connectivity index (χ1n) is 5.03. The highest BCUT2D eigenvalue weighted by Crippen LogP contribution is 2.25. The number of methoxy groups -OCH3 is 1. The Morgan fingerprint density at radius 2 is 2.24 bits per heavy atom. The molecule has 6 heteroatoms. The second kappa shape index (κ2) is 5.67. The number of nitrogens with zero attached hydrogens (tertiary/aromatic N) is 1. The molecule has 0 aromatic carbocycles. The topological polar surface area (TPSA) is 65.2 Å². The first-order chi connectivity index (χ1) is 8.01. The van der Waals surface area contributed by atoms with Crippen LogP contribution in [0.25, 0.3) is 0 Å². The van der Waals surface area contributed by atoms with Crippen LogP contribution in [0, 0.1) is 6.92 Å². The molecule has 94 valence electrons. The van der Waals surface area contributed by atoms with Crippen LogP contribution in [0.2, 0.25) is 0 Å². The van der Waals surface area contributed by atoms with Gasteiger partial charge in [-0.15, -0.1) is 0 Å². The van der Waals surface area contributed by atoms with Crippen molar-refractivity contribution >= 4 is 5.97 Å². The van der Waals surface area contributed by atoms with Gasteiger partial charge in [0.2, 0.25) is 0 Å². The number of rotatable bonds is 4. The minimum Gasteiger partial charge on any atom is -0.469 e. The van der Waals surface area contributed by atoms with Gasteiger partial charge in [-0.3, -0.25) is 9.78 Å². The predicted octanol–water partition coefficient (Wildman–Crippen LogP) is 1.50. The van der Waals surface area contributed by atoms with Crippen molar-refractivity contribution in [3.8, 4) is 0 Å². The number of pyridine rings is 1. The highest BCUT2D eigenvalue weighted by Gasteiger charge is 2.20. The van der Waals surface area contributed by atoms with Crippen molar-refractivity contribution in [1.82, 2.24) is 4.98 Å². The van der Waals surface area contributed by atoms with E-state index < -0.39 is 12.4 Å². The third-order valence-electron chi connectivity index (χ3n) is 2.58. The summed E-state index contributed by atoms with van der Waals surface area (Å²) in [6.07, 6.45) is -1.62. The molecule has 1 aromatic rings. The molecule has 4 nitrogen and oxygen atoms in total. The van der Waals surface area contributed by atoms with Gasteiger partial charge in [0.25, 0.3) is 6.43 Å². The van der Waals surface area contributed by atoms with Gasteiger partial charge in [0, 0.05) is 12.7 Å². The fourth-order valence-corrected chi connectivity index (χ4v) is 1.54. The quantitative estimate of drug-likeness (QED) is 0.815. The normalized spacial score (nSPS) is 10.7. The van der Waals surface area contributed by atoms with Crippen LogP contribution in [-0.2, 0) is 22.5 Å². The van der Waals surface area contributed by atoms with Gasteiger partial charge >= 0.3 is 5.97 Å². The van der Waals surface area contributed by atoms with Crippen LogP contribution in [0.1, 0.15) is 28.8 Å². The summed E-state index contributed by atoms with van der Waals surface area (Å²) in [5, 5.41) is 0. The third kappa shape index (κ3) is 2.97. The number of esters is 1. The fraction of sp³-hybridized carbons (Fsp3) is 0.455. The lowest BCUT2D eigenvalue weighted by molar-refractivity contribution is -0.139. The Bertz CT molecular complexity index is 422. The standard InChI is InChI=1S/C11H14F2N2O2/c1-6-7(4-14)5-15-10(11(12)13)8(6)3-9(16)17-2/h5,11H,3-4,14H2,1-2H3. The maximum absolute atomic E-state index is 12.8. The molecule has 0 unspecified atom stereocenters. The molecule has 0 bridgehead atoms. The van der Waals surface area contributed by atoms with E-state index in [-0.39, 0.29) is 24.2 Å². The maximum Gasteiger partial charge on any atom is 0.310 e. The van der Waals surface area contributed by atoms with Crippen molar-refractivity contribution in [2.24, 2.45) is 5.73 Å². The SMILES string of the molecule is COC(=O)Cc1c(C(F)F)ncc(CN)c1C. The molecule has 0 aliphatic heterocycles. The molecule has 17 heavy (non-hydrogen) atoms. The fourth-order valence-electron chi connectivity index (χ4n) is 1.54. The number of aromatic nitrogens is 1. The van der Waals surface area contributed by atoms with Crippen molar-refractivity contribution in [3.63, 3.8) is 0 Å². The highest BCUT2D eigenvalue weighted by atomic mass is 19.3. The number of alkyl halides is 2. The molecule has 0 amide bonds. The summed E-state index contributed by atoms with van der Waals surface area (Å²) in [6, 6.07) is 0. The number of hydrogen-bond donors (Lipinski definition) is 1. The van der Waals surface area contributed by atoms with Crippen molar-refractivity contribution in [2.75, 3.05) is 7.11 Å².